The van der Waals surface area contributed by atoms with Gasteiger partial charge in [0, 0.05) is 38.9 Å². The number of alkyl halides is 1. The van der Waals surface area contributed by atoms with Crippen LogP contribution in [-0.2, 0) is 27.9 Å². The van der Waals surface area contributed by atoms with Crippen LogP contribution in [0.3, 0.4) is 0 Å². The maximum Gasteiger partial charge on any atom is 0.405 e. The molecule has 0 radical (unpaired) electrons. The quantitative estimate of drug-likeness (QED) is 0.0539. The highest BCUT2D eigenvalue weighted by Gasteiger charge is 2.55. The van der Waals surface area contributed by atoms with E-state index in [1.807, 2.05) is 17.1 Å². The number of hydrogen-bond donors (Lipinski definition) is 4. The molecule has 5 unspecified atom stereocenters. The van der Waals surface area contributed by atoms with Gasteiger partial charge in [0.15, 0.2) is 11.9 Å². The lowest BCUT2D eigenvalue weighted by Crippen LogP contribution is -2.43. The summed E-state index contributed by atoms with van der Waals surface area (Å²) in [6, 6.07) is 1.02. The number of amides is 1. The number of ether oxygens (including phenoxy) is 2. The zero-order valence-corrected chi connectivity index (χ0v) is 31.4. The standard InChI is InChI=1S/C37H56FN4O9P/c1-4-5-6-7-8-9-10-11-12-13-14-15-16-17-18-19-20-21-22-23-32(43)39-25-28-49-29-26-40-52(47,48-3)50-30-31-34(45)37(2,38)35(51-31)42-27-24-33(44)41-36(42)46/h5-6,8-9,11-12,14-15,17-18,20-21,24,27,31,34-35,45H,4,7,10,13,16,19,22-23,25-26,28-30H2,1-3H3,(H,39,43)(H,40,47)(H,41,44,46). The van der Waals surface area contributed by atoms with Gasteiger partial charge in [0.2, 0.25) is 5.91 Å². The molecule has 0 aliphatic carbocycles. The van der Waals surface area contributed by atoms with Crippen molar-refractivity contribution < 1.29 is 37.4 Å². The Kier molecular flexibility index (Phi) is 21.9. The summed E-state index contributed by atoms with van der Waals surface area (Å²) in [4.78, 5) is 37.5. The third-order valence-corrected chi connectivity index (χ3v) is 9.31. The number of aromatic nitrogens is 2. The number of nitrogens with zero attached hydrogens (tertiary/aromatic N) is 1. The second-order valence-electron chi connectivity index (χ2n) is 11.9. The molecule has 290 valence electrons. The van der Waals surface area contributed by atoms with Crippen LogP contribution in [0.15, 0.2) is 94.8 Å². The Morgan fingerprint density at radius 2 is 1.54 bits per heavy atom. The summed E-state index contributed by atoms with van der Waals surface area (Å²) < 4.78 is 50.4. The van der Waals surface area contributed by atoms with E-state index < -0.39 is 49.7 Å². The first-order chi connectivity index (χ1) is 25.0. The Bertz CT molecular complexity index is 1530. The lowest BCUT2D eigenvalue weighted by atomic mass is 9.98. The van der Waals surface area contributed by atoms with Gasteiger partial charge >= 0.3 is 13.4 Å². The van der Waals surface area contributed by atoms with Crippen LogP contribution >= 0.6 is 7.75 Å². The number of halogens is 1. The number of carbonyl (C=O) groups excluding carboxylic acids is 1. The van der Waals surface area contributed by atoms with Crippen LogP contribution in [0.4, 0.5) is 4.39 Å². The molecule has 13 nitrogen and oxygen atoms in total. The number of aliphatic hydroxyl groups excluding tert-OH is 1. The molecule has 1 fully saturated rings. The molecule has 15 heteroatoms. The molecule has 1 aromatic heterocycles. The maximum atomic E-state index is 15.4. The van der Waals surface area contributed by atoms with Crippen molar-refractivity contribution in [2.75, 3.05) is 40.0 Å². The molecule has 2 rings (SSSR count). The second-order valence-corrected chi connectivity index (χ2v) is 13.9. The summed E-state index contributed by atoms with van der Waals surface area (Å²) in [6.07, 6.45) is 28.8. The van der Waals surface area contributed by atoms with E-state index in [4.69, 9.17) is 18.5 Å². The maximum absolute atomic E-state index is 15.4. The summed E-state index contributed by atoms with van der Waals surface area (Å²) in [7, 11) is -2.74. The first kappa shape index (κ1) is 44.7. The van der Waals surface area contributed by atoms with E-state index in [1.165, 1.54) is 0 Å². The van der Waals surface area contributed by atoms with Gasteiger partial charge in [-0.25, -0.2) is 18.8 Å². The summed E-state index contributed by atoms with van der Waals surface area (Å²) in [5.41, 5.74) is -4.02. The molecule has 1 amide bonds. The average molecular weight is 751 g/mol. The van der Waals surface area contributed by atoms with Crippen LogP contribution in [0.25, 0.3) is 0 Å². The summed E-state index contributed by atoms with van der Waals surface area (Å²) in [5, 5.41) is 15.9. The van der Waals surface area contributed by atoms with Crippen molar-refractivity contribution in [1.82, 2.24) is 20.0 Å². The molecule has 1 aliphatic rings. The number of nitrogens with one attached hydrogen (secondary N) is 3. The van der Waals surface area contributed by atoms with E-state index >= 15 is 4.39 Å². The van der Waals surface area contributed by atoms with Gasteiger partial charge in [-0.3, -0.25) is 23.7 Å². The highest BCUT2D eigenvalue weighted by Crippen LogP contribution is 2.45. The van der Waals surface area contributed by atoms with Crippen molar-refractivity contribution in [3.8, 4) is 0 Å². The highest BCUT2D eigenvalue weighted by molar-refractivity contribution is 7.51. The second kappa shape index (κ2) is 25.5. The van der Waals surface area contributed by atoms with E-state index in [0.29, 0.717) is 19.4 Å². The van der Waals surface area contributed by atoms with E-state index in [-0.39, 0.29) is 25.7 Å². The van der Waals surface area contributed by atoms with Crippen LogP contribution in [0.1, 0.15) is 71.4 Å². The smallest absolute Gasteiger partial charge is 0.387 e. The summed E-state index contributed by atoms with van der Waals surface area (Å²) in [6.45, 7) is 3.36. The fourth-order valence-electron chi connectivity index (χ4n) is 4.86. The monoisotopic (exact) mass is 750 g/mol. The Morgan fingerprint density at radius 1 is 0.981 bits per heavy atom. The van der Waals surface area contributed by atoms with Gasteiger partial charge in [0.1, 0.15) is 12.2 Å². The van der Waals surface area contributed by atoms with Crippen LogP contribution in [0, 0.1) is 0 Å². The molecule has 52 heavy (non-hydrogen) atoms. The number of aliphatic hydroxyl groups is 1. The molecule has 2 heterocycles. The minimum Gasteiger partial charge on any atom is -0.387 e. The number of H-pyrrole nitrogens is 1. The largest absolute Gasteiger partial charge is 0.405 e. The predicted molar refractivity (Wildman–Crippen MR) is 201 cm³/mol. The van der Waals surface area contributed by atoms with Crippen molar-refractivity contribution >= 4 is 13.7 Å². The van der Waals surface area contributed by atoms with Crippen LogP contribution < -0.4 is 21.7 Å². The van der Waals surface area contributed by atoms with Gasteiger partial charge < -0.3 is 24.4 Å². The SMILES string of the molecule is CCC=CCC=CCC=CCC=CCC=CCC=CCCC(=O)NCCOCCNP(=O)(OC)OCC1OC(n2ccc(=O)[nH]c2=O)C(C)(F)C1O. The van der Waals surface area contributed by atoms with Gasteiger partial charge in [-0.15, -0.1) is 0 Å². The van der Waals surface area contributed by atoms with Crippen LogP contribution in [-0.4, -0.2) is 78.5 Å². The summed E-state index contributed by atoms with van der Waals surface area (Å²) in [5.74, 6) is -0.0908. The van der Waals surface area contributed by atoms with Crippen LogP contribution in [0.2, 0.25) is 0 Å². The van der Waals surface area contributed by atoms with Gasteiger partial charge in [0.05, 0.1) is 19.8 Å². The lowest BCUT2D eigenvalue weighted by Gasteiger charge is -2.24. The van der Waals surface area contributed by atoms with Gasteiger partial charge in [-0.05, 0) is 51.9 Å². The first-order valence-electron chi connectivity index (χ1n) is 17.7. The zero-order chi connectivity index (χ0) is 38.1. The fraction of sp³-hybridized carbons (Fsp3) is 0.541. The summed E-state index contributed by atoms with van der Waals surface area (Å²) >= 11 is 0. The third kappa shape index (κ3) is 17.4. The minimum absolute atomic E-state index is 0.0616. The van der Waals surface area contributed by atoms with E-state index in [1.54, 1.807) is 0 Å². The van der Waals surface area contributed by atoms with Crippen LogP contribution in [0.5, 0.6) is 0 Å². The predicted octanol–water partition coefficient (Wildman–Crippen LogP) is 5.49. The molecular formula is C37H56FN4O9P. The molecule has 1 aliphatic heterocycles. The molecule has 0 spiro atoms. The molecule has 1 saturated heterocycles. The molecule has 1 aromatic rings. The Morgan fingerprint density at radius 3 is 2.10 bits per heavy atom. The van der Waals surface area contributed by atoms with E-state index in [0.717, 1.165) is 69.4 Å². The average Bonchev–Trinajstić information content (AvgIpc) is 3.34. The lowest BCUT2D eigenvalue weighted by molar-refractivity contribution is -0.121. The normalized spacial score (nSPS) is 22.3. The highest BCUT2D eigenvalue weighted by atomic mass is 31.2. The fourth-order valence-corrected chi connectivity index (χ4v) is 5.89. The number of allylic oxidation sites excluding steroid dienone is 12. The van der Waals surface area contributed by atoms with Crippen molar-refractivity contribution in [1.29, 1.82) is 0 Å². The van der Waals surface area contributed by atoms with Crippen molar-refractivity contribution in [2.24, 2.45) is 0 Å². The molecule has 5 atom stereocenters. The van der Waals surface area contributed by atoms with E-state index in [2.05, 4.69) is 78.1 Å². The van der Waals surface area contributed by atoms with Gasteiger partial charge in [-0.2, -0.15) is 0 Å². The molecule has 0 bridgehead atoms. The Labute approximate surface area is 305 Å². The number of aromatic amines is 1. The molecule has 4 N–H and O–H groups in total. The Hall–Kier alpha value is -3.49. The molecule has 0 saturated carbocycles. The number of carbonyl (C=O) groups is 1. The van der Waals surface area contributed by atoms with Gasteiger partial charge in [0.25, 0.3) is 5.56 Å². The third-order valence-electron chi connectivity index (χ3n) is 7.72. The first-order valence-corrected chi connectivity index (χ1v) is 19.2. The number of hydrogen-bond acceptors (Lipinski definition) is 9. The molecule has 0 aromatic carbocycles. The van der Waals surface area contributed by atoms with Crippen molar-refractivity contribution in [3.05, 3.63) is 106 Å². The zero-order valence-electron chi connectivity index (χ0n) is 30.5. The topological polar surface area (TPSA) is 170 Å². The van der Waals surface area contributed by atoms with Crippen molar-refractivity contribution in [2.45, 2.75) is 89.3 Å². The molecular weight excluding hydrogens is 694 g/mol. The van der Waals surface area contributed by atoms with E-state index in [9.17, 15) is 24.1 Å². The number of rotatable bonds is 26. The minimum atomic E-state index is -3.89. The van der Waals surface area contributed by atoms with Crippen molar-refractivity contribution in [3.63, 3.8) is 0 Å². The Balaban J connectivity index is 1.51. The van der Waals surface area contributed by atoms with Gasteiger partial charge in [-0.1, -0.05) is 79.8 Å².